The molecular formula is C20H20F2N4O2S. The topological polar surface area (TPSA) is 90.0 Å². The summed E-state index contributed by atoms with van der Waals surface area (Å²) in [4.78, 5) is 4.46. The van der Waals surface area contributed by atoms with Crippen molar-refractivity contribution in [3.63, 3.8) is 0 Å². The zero-order chi connectivity index (χ0) is 20.6. The molecule has 1 saturated carbocycles. The standard InChI is InChI=1S/C20H20F2N4O2S/c21-14(7-8-23)11-26-12-24-20-18(9-15(22)10-19(20)26)13-1-5-17(6-2-13)29(27,28)25-16-3-4-16/h1-2,5-7,9-10,12,16,25H,3-4,8,11,23H2/b14-7-. The van der Waals surface area contributed by atoms with Crippen LogP contribution in [0.25, 0.3) is 22.2 Å². The molecule has 6 nitrogen and oxygen atoms in total. The lowest BCUT2D eigenvalue weighted by Gasteiger charge is -2.08. The van der Waals surface area contributed by atoms with Gasteiger partial charge in [-0.15, -0.1) is 0 Å². The molecule has 0 spiro atoms. The molecule has 9 heteroatoms. The smallest absolute Gasteiger partial charge is 0.240 e. The third-order valence-electron chi connectivity index (χ3n) is 4.73. The highest BCUT2D eigenvalue weighted by molar-refractivity contribution is 7.89. The van der Waals surface area contributed by atoms with Gasteiger partial charge in [0, 0.05) is 18.2 Å². The quantitative estimate of drug-likeness (QED) is 0.617. The number of allylic oxidation sites excluding steroid dienone is 1. The van der Waals surface area contributed by atoms with Crippen LogP contribution in [0.5, 0.6) is 0 Å². The number of aromatic nitrogens is 2. The monoisotopic (exact) mass is 418 g/mol. The minimum Gasteiger partial charge on any atom is -0.327 e. The highest BCUT2D eigenvalue weighted by Crippen LogP contribution is 2.30. The minimum atomic E-state index is -3.56. The first-order valence-electron chi connectivity index (χ1n) is 9.19. The molecule has 29 heavy (non-hydrogen) atoms. The van der Waals surface area contributed by atoms with E-state index in [1.54, 1.807) is 12.1 Å². The van der Waals surface area contributed by atoms with Gasteiger partial charge in [0.05, 0.1) is 28.8 Å². The van der Waals surface area contributed by atoms with Gasteiger partial charge in [-0.3, -0.25) is 0 Å². The number of rotatable bonds is 7. The van der Waals surface area contributed by atoms with Crippen LogP contribution in [-0.4, -0.2) is 30.6 Å². The van der Waals surface area contributed by atoms with Gasteiger partial charge in [-0.1, -0.05) is 12.1 Å². The van der Waals surface area contributed by atoms with Gasteiger partial charge in [0.1, 0.15) is 11.6 Å². The van der Waals surface area contributed by atoms with Crippen LogP contribution in [-0.2, 0) is 16.6 Å². The fraction of sp³-hybridized carbons (Fsp3) is 0.250. The van der Waals surface area contributed by atoms with Gasteiger partial charge in [0.25, 0.3) is 0 Å². The number of hydrogen-bond donors (Lipinski definition) is 2. The number of benzene rings is 2. The van der Waals surface area contributed by atoms with E-state index in [9.17, 15) is 17.2 Å². The predicted octanol–water partition coefficient (Wildman–Crippen LogP) is 3.10. The summed E-state index contributed by atoms with van der Waals surface area (Å²) >= 11 is 0. The van der Waals surface area contributed by atoms with Gasteiger partial charge in [0.15, 0.2) is 0 Å². The van der Waals surface area contributed by atoms with E-state index in [2.05, 4.69) is 9.71 Å². The van der Waals surface area contributed by atoms with E-state index in [4.69, 9.17) is 5.73 Å². The van der Waals surface area contributed by atoms with Gasteiger partial charge in [-0.25, -0.2) is 26.9 Å². The molecule has 3 N–H and O–H groups in total. The summed E-state index contributed by atoms with van der Waals surface area (Å²) in [7, 11) is -3.56. The Kier molecular flexibility index (Phi) is 5.20. The number of sulfonamides is 1. The molecule has 0 aliphatic heterocycles. The van der Waals surface area contributed by atoms with E-state index < -0.39 is 21.7 Å². The molecular weight excluding hydrogens is 398 g/mol. The third kappa shape index (κ3) is 4.21. The first-order valence-corrected chi connectivity index (χ1v) is 10.7. The van der Waals surface area contributed by atoms with Crippen molar-refractivity contribution in [1.29, 1.82) is 0 Å². The summed E-state index contributed by atoms with van der Waals surface area (Å²) in [6.45, 7) is -0.0243. The lowest BCUT2D eigenvalue weighted by atomic mass is 10.0. The molecule has 0 unspecified atom stereocenters. The number of fused-ring (bicyclic) bond motifs is 1. The lowest BCUT2D eigenvalue weighted by Crippen LogP contribution is -2.25. The van der Waals surface area contributed by atoms with Crippen molar-refractivity contribution in [2.45, 2.75) is 30.3 Å². The molecule has 0 atom stereocenters. The summed E-state index contributed by atoms with van der Waals surface area (Å²) in [6, 6.07) is 8.83. The highest BCUT2D eigenvalue weighted by Gasteiger charge is 2.28. The molecule has 152 valence electrons. The Morgan fingerprint density at radius 1 is 1.28 bits per heavy atom. The normalized spacial score (nSPS) is 15.2. The van der Waals surface area contributed by atoms with Crippen LogP contribution in [0.1, 0.15) is 12.8 Å². The molecule has 2 aromatic carbocycles. The molecule has 0 radical (unpaired) electrons. The van der Waals surface area contributed by atoms with E-state index in [-0.39, 0.29) is 24.0 Å². The Morgan fingerprint density at radius 3 is 2.66 bits per heavy atom. The summed E-state index contributed by atoms with van der Waals surface area (Å²) in [5.41, 5.74) is 7.37. The maximum atomic E-state index is 14.3. The van der Waals surface area contributed by atoms with Crippen LogP contribution in [0, 0.1) is 5.82 Å². The predicted molar refractivity (Wildman–Crippen MR) is 107 cm³/mol. The highest BCUT2D eigenvalue weighted by atomic mass is 32.2. The fourth-order valence-corrected chi connectivity index (χ4v) is 4.44. The van der Waals surface area contributed by atoms with E-state index in [0.29, 0.717) is 22.2 Å². The van der Waals surface area contributed by atoms with Crippen molar-refractivity contribution < 1.29 is 17.2 Å². The van der Waals surface area contributed by atoms with Crippen LogP contribution < -0.4 is 10.5 Å². The summed E-state index contributed by atoms with van der Waals surface area (Å²) in [5.74, 6) is -0.931. The van der Waals surface area contributed by atoms with Crippen molar-refractivity contribution >= 4 is 21.1 Å². The van der Waals surface area contributed by atoms with Crippen molar-refractivity contribution in [3.8, 4) is 11.1 Å². The molecule has 0 bridgehead atoms. The van der Waals surface area contributed by atoms with Crippen molar-refractivity contribution in [1.82, 2.24) is 14.3 Å². The maximum Gasteiger partial charge on any atom is 0.240 e. The molecule has 1 fully saturated rings. The Morgan fingerprint density at radius 2 is 2.00 bits per heavy atom. The van der Waals surface area contributed by atoms with Crippen LogP contribution in [0.2, 0.25) is 0 Å². The number of nitrogens with zero attached hydrogens (tertiary/aromatic N) is 2. The van der Waals surface area contributed by atoms with Gasteiger partial charge >= 0.3 is 0 Å². The number of hydrogen-bond acceptors (Lipinski definition) is 4. The zero-order valence-corrected chi connectivity index (χ0v) is 16.3. The summed E-state index contributed by atoms with van der Waals surface area (Å²) in [6.07, 6.45) is 4.39. The van der Waals surface area contributed by atoms with Crippen LogP contribution in [0.15, 0.2) is 59.5 Å². The van der Waals surface area contributed by atoms with Crippen molar-refractivity contribution in [2.24, 2.45) is 5.73 Å². The van der Waals surface area contributed by atoms with Gasteiger partial charge in [0.2, 0.25) is 10.0 Å². The van der Waals surface area contributed by atoms with Crippen LogP contribution in [0.4, 0.5) is 8.78 Å². The molecule has 1 aliphatic carbocycles. The van der Waals surface area contributed by atoms with E-state index >= 15 is 0 Å². The molecule has 1 aliphatic rings. The van der Waals surface area contributed by atoms with Crippen LogP contribution in [0.3, 0.4) is 0 Å². The SMILES string of the molecule is NC/C=C(\F)Cn1cnc2c(-c3ccc(S(=O)(=O)NC4CC4)cc3)cc(F)cc21. The molecule has 0 amide bonds. The van der Waals surface area contributed by atoms with E-state index in [0.717, 1.165) is 12.8 Å². The van der Waals surface area contributed by atoms with Gasteiger partial charge in [-0.2, -0.15) is 0 Å². The van der Waals surface area contributed by atoms with E-state index in [1.165, 1.54) is 41.2 Å². The Bertz CT molecular complexity index is 1180. The second-order valence-corrected chi connectivity index (χ2v) is 8.71. The average Bonchev–Trinajstić information content (AvgIpc) is 3.40. The molecule has 1 heterocycles. The number of nitrogens with one attached hydrogen (secondary N) is 1. The fourth-order valence-electron chi connectivity index (χ4n) is 3.13. The van der Waals surface area contributed by atoms with Crippen LogP contribution >= 0.6 is 0 Å². The second kappa shape index (κ2) is 7.66. The minimum absolute atomic E-state index is 0.0141. The molecule has 3 aromatic rings. The van der Waals surface area contributed by atoms with Crippen molar-refractivity contribution in [3.05, 3.63) is 60.4 Å². The average molecular weight is 418 g/mol. The molecule has 4 rings (SSSR count). The Hall–Kier alpha value is -2.62. The Balaban J connectivity index is 1.70. The lowest BCUT2D eigenvalue weighted by molar-refractivity contribution is 0.557. The number of imidazole rings is 1. The summed E-state index contributed by atoms with van der Waals surface area (Å²) in [5, 5.41) is 0. The third-order valence-corrected chi connectivity index (χ3v) is 6.26. The zero-order valence-electron chi connectivity index (χ0n) is 15.5. The maximum absolute atomic E-state index is 14.3. The van der Waals surface area contributed by atoms with Gasteiger partial charge in [-0.05, 0) is 48.7 Å². The van der Waals surface area contributed by atoms with Crippen molar-refractivity contribution in [2.75, 3.05) is 6.54 Å². The number of nitrogens with two attached hydrogens (primary N) is 1. The van der Waals surface area contributed by atoms with E-state index in [1.807, 2.05) is 0 Å². The summed E-state index contributed by atoms with van der Waals surface area (Å²) < 4.78 is 56.9. The number of halogens is 2. The first kappa shape index (κ1) is 19.7. The largest absolute Gasteiger partial charge is 0.327 e. The second-order valence-electron chi connectivity index (χ2n) is 7.00. The van der Waals surface area contributed by atoms with Gasteiger partial charge < -0.3 is 10.3 Å². The molecule has 1 aromatic heterocycles. The first-order chi connectivity index (χ1) is 13.9. The Labute approximate surface area is 167 Å². The molecule has 0 saturated heterocycles.